The second-order valence-corrected chi connectivity index (χ2v) is 6.54. The van der Waals surface area contributed by atoms with E-state index in [1.54, 1.807) is 6.20 Å². The summed E-state index contributed by atoms with van der Waals surface area (Å²) >= 11 is 0. The summed E-state index contributed by atoms with van der Waals surface area (Å²) in [5, 5.41) is 13.7. The Bertz CT molecular complexity index is 1050. The molecule has 1 unspecified atom stereocenters. The molecule has 5 rings (SSSR count). The number of nitrogen functional groups attached to an aromatic ring is 1. The molecule has 3 N–H and O–H groups in total. The van der Waals surface area contributed by atoms with Gasteiger partial charge in [0.05, 0.1) is 23.2 Å². The van der Waals surface area contributed by atoms with E-state index < -0.39 is 0 Å². The van der Waals surface area contributed by atoms with Gasteiger partial charge in [-0.3, -0.25) is 9.78 Å². The quantitative estimate of drug-likeness (QED) is 0.600. The van der Waals surface area contributed by atoms with Crippen LogP contribution < -0.4 is 5.73 Å². The SMILES string of the molecule is Nc1nc2cc(-c3ccn[nH]3)ccc2c2nn(CC3CCOC3)cc12. The maximum atomic E-state index is 6.20. The number of nitrogens with one attached hydrogen (secondary N) is 1. The molecule has 1 aliphatic heterocycles. The second kappa shape index (κ2) is 5.56. The first-order valence-electron chi connectivity index (χ1n) is 8.42. The van der Waals surface area contributed by atoms with Crippen LogP contribution in [0, 0.1) is 5.92 Å². The lowest BCUT2D eigenvalue weighted by Crippen LogP contribution is -2.10. The van der Waals surface area contributed by atoms with Crippen LogP contribution in [0.5, 0.6) is 0 Å². The maximum Gasteiger partial charge on any atom is 0.135 e. The van der Waals surface area contributed by atoms with Crippen molar-refractivity contribution >= 4 is 27.6 Å². The lowest BCUT2D eigenvalue weighted by Gasteiger charge is -2.06. The molecule has 126 valence electrons. The molecule has 7 nitrogen and oxygen atoms in total. The molecule has 1 aliphatic rings. The van der Waals surface area contributed by atoms with Gasteiger partial charge >= 0.3 is 0 Å². The number of nitrogens with two attached hydrogens (primary N) is 1. The number of benzene rings is 1. The summed E-state index contributed by atoms with van der Waals surface area (Å²) in [7, 11) is 0. The summed E-state index contributed by atoms with van der Waals surface area (Å²) in [6.07, 6.45) is 4.81. The molecule has 4 aromatic rings. The molecule has 0 saturated carbocycles. The van der Waals surface area contributed by atoms with Gasteiger partial charge in [0.15, 0.2) is 0 Å². The minimum Gasteiger partial charge on any atom is -0.383 e. The molecule has 0 spiro atoms. The van der Waals surface area contributed by atoms with Crippen molar-refractivity contribution in [2.24, 2.45) is 5.92 Å². The molecule has 1 fully saturated rings. The number of aromatic amines is 1. The van der Waals surface area contributed by atoms with Gasteiger partial charge in [0.25, 0.3) is 0 Å². The Morgan fingerprint density at radius 3 is 3.04 bits per heavy atom. The Hall–Kier alpha value is -2.93. The van der Waals surface area contributed by atoms with Crippen molar-refractivity contribution < 1.29 is 4.74 Å². The van der Waals surface area contributed by atoms with E-state index in [1.807, 2.05) is 23.0 Å². The summed E-state index contributed by atoms with van der Waals surface area (Å²) in [4.78, 5) is 4.58. The van der Waals surface area contributed by atoms with Crippen molar-refractivity contribution in [1.29, 1.82) is 0 Å². The highest BCUT2D eigenvalue weighted by Crippen LogP contribution is 2.30. The summed E-state index contributed by atoms with van der Waals surface area (Å²) in [6, 6.07) is 8.05. The number of ether oxygens (including phenoxy) is 1. The van der Waals surface area contributed by atoms with E-state index in [0.717, 1.165) is 59.2 Å². The summed E-state index contributed by atoms with van der Waals surface area (Å²) in [5.41, 5.74) is 9.92. The largest absolute Gasteiger partial charge is 0.383 e. The number of pyridine rings is 1. The van der Waals surface area contributed by atoms with E-state index in [2.05, 4.69) is 27.3 Å². The normalized spacial score (nSPS) is 17.7. The summed E-state index contributed by atoms with van der Waals surface area (Å²) in [6.45, 7) is 2.49. The van der Waals surface area contributed by atoms with Crippen molar-refractivity contribution in [3.8, 4) is 11.3 Å². The van der Waals surface area contributed by atoms with Crippen LogP contribution in [0.2, 0.25) is 0 Å². The van der Waals surface area contributed by atoms with Crippen LogP contribution in [0.3, 0.4) is 0 Å². The highest BCUT2D eigenvalue weighted by atomic mass is 16.5. The highest BCUT2D eigenvalue weighted by Gasteiger charge is 2.18. The first kappa shape index (κ1) is 14.4. The zero-order valence-corrected chi connectivity index (χ0v) is 13.6. The van der Waals surface area contributed by atoms with E-state index in [9.17, 15) is 0 Å². The fourth-order valence-corrected chi connectivity index (χ4v) is 3.49. The van der Waals surface area contributed by atoms with E-state index in [1.165, 1.54) is 0 Å². The topological polar surface area (TPSA) is 94.6 Å². The Kier molecular flexibility index (Phi) is 3.21. The molecule has 0 radical (unpaired) electrons. The van der Waals surface area contributed by atoms with Crippen LogP contribution in [0.4, 0.5) is 5.82 Å². The second-order valence-electron chi connectivity index (χ2n) is 6.54. The van der Waals surface area contributed by atoms with E-state index in [-0.39, 0.29) is 0 Å². The summed E-state index contributed by atoms with van der Waals surface area (Å²) in [5.74, 6) is 1.03. The van der Waals surface area contributed by atoms with Gasteiger partial charge < -0.3 is 10.5 Å². The Balaban J connectivity index is 1.62. The molecular weight excluding hydrogens is 316 g/mol. The molecule has 1 aromatic carbocycles. The third kappa shape index (κ3) is 2.44. The predicted octanol–water partition coefficient (Wildman–Crippen LogP) is 2.59. The lowest BCUT2D eigenvalue weighted by atomic mass is 10.1. The molecule has 0 amide bonds. The van der Waals surface area contributed by atoms with Gasteiger partial charge in [0.2, 0.25) is 0 Å². The van der Waals surface area contributed by atoms with Crippen LogP contribution in [0.15, 0.2) is 36.7 Å². The molecule has 0 bridgehead atoms. The van der Waals surface area contributed by atoms with Crippen LogP contribution in [-0.2, 0) is 11.3 Å². The number of hydrogen-bond donors (Lipinski definition) is 2. The fraction of sp³-hybridized carbons (Fsp3) is 0.278. The molecule has 0 aliphatic carbocycles. The standard InChI is InChI=1S/C18H18N6O/c19-18-14-9-24(8-11-4-6-25-10-11)23-17(14)13-2-1-12(7-16(13)21-18)15-3-5-20-22-15/h1-3,5,7,9,11H,4,6,8,10H2,(H2,19,21)(H,20,22). The minimum absolute atomic E-state index is 0.512. The average molecular weight is 334 g/mol. The zero-order valence-electron chi connectivity index (χ0n) is 13.6. The van der Waals surface area contributed by atoms with Gasteiger partial charge in [-0.25, -0.2) is 4.98 Å². The third-order valence-electron chi connectivity index (χ3n) is 4.81. The molecule has 1 atom stereocenters. The van der Waals surface area contributed by atoms with Gasteiger partial charge in [-0.2, -0.15) is 10.2 Å². The lowest BCUT2D eigenvalue weighted by molar-refractivity contribution is 0.181. The van der Waals surface area contributed by atoms with E-state index >= 15 is 0 Å². The molecule has 25 heavy (non-hydrogen) atoms. The Morgan fingerprint density at radius 2 is 2.24 bits per heavy atom. The van der Waals surface area contributed by atoms with E-state index in [0.29, 0.717) is 11.7 Å². The monoisotopic (exact) mass is 334 g/mol. The number of rotatable bonds is 3. The van der Waals surface area contributed by atoms with Crippen LogP contribution >= 0.6 is 0 Å². The molecular formula is C18H18N6O. The van der Waals surface area contributed by atoms with Gasteiger partial charge in [0, 0.05) is 42.4 Å². The maximum absolute atomic E-state index is 6.20. The number of hydrogen-bond acceptors (Lipinski definition) is 5. The molecule has 1 saturated heterocycles. The first-order chi connectivity index (χ1) is 12.3. The van der Waals surface area contributed by atoms with Gasteiger partial charge in [0.1, 0.15) is 11.3 Å². The number of H-pyrrole nitrogens is 1. The molecule has 3 aromatic heterocycles. The average Bonchev–Trinajstić information content (AvgIpc) is 3.36. The number of fused-ring (bicyclic) bond motifs is 3. The van der Waals surface area contributed by atoms with Crippen LogP contribution in [-0.4, -0.2) is 38.2 Å². The van der Waals surface area contributed by atoms with Gasteiger partial charge in [-0.15, -0.1) is 0 Å². The van der Waals surface area contributed by atoms with Crippen LogP contribution in [0.1, 0.15) is 6.42 Å². The van der Waals surface area contributed by atoms with Gasteiger partial charge in [-0.1, -0.05) is 6.07 Å². The van der Waals surface area contributed by atoms with Crippen molar-refractivity contribution in [3.63, 3.8) is 0 Å². The minimum atomic E-state index is 0.512. The Labute approximate surface area is 143 Å². The van der Waals surface area contributed by atoms with Crippen molar-refractivity contribution in [2.45, 2.75) is 13.0 Å². The summed E-state index contributed by atoms with van der Waals surface area (Å²) < 4.78 is 7.44. The number of nitrogens with zero attached hydrogens (tertiary/aromatic N) is 4. The first-order valence-corrected chi connectivity index (χ1v) is 8.42. The van der Waals surface area contributed by atoms with Crippen molar-refractivity contribution in [3.05, 3.63) is 36.7 Å². The third-order valence-corrected chi connectivity index (χ3v) is 4.81. The van der Waals surface area contributed by atoms with Gasteiger partial charge in [-0.05, 0) is 24.6 Å². The number of anilines is 1. The van der Waals surface area contributed by atoms with Crippen molar-refractivity contribution in [1.82, 2.24) is 25.0 Å². The number of aromatic nitrogens is 5. The predicted molar refractivity (Wildman–Crippen MR) is 96.0 cm³/mol. The Morgan fingerprint density at radius 1 is 1.28 bits per heavy atom. The fourth-order valence-electron chi connectivity index (χ4n) is 3.49. The van der Waals surface area contributed by atoms with Crippen molar-refractivity contribution in [2.75, 3.05) is 18.9 Å². The van der Waals surface area contributed by atoms with E-state index in [4.69, 9.17) is 15.6 Å². The highest BCUT2D eigenvalue weighted by molar-refractivity contribution is 6.08. The molecule has 7 heteroatoms. The molecule has 4 heterocycles. The van der Waals surface area contributed by atoms with Crippen LogP contribution in [0.25, 0.3) is 33.1 Å². The smallest absolute Gasteiger partial charge is 0.135 e. The zero-order chi connectivity index (χ0) is 16.8.